The van der Waals surface area contributed by atoms with Crippen molar-refractivity contribution >= 4 is 5.97 Å². The summed E-state index contributed by atoms with van der Waals surface area (Å²) in [5.74, 6) is -0.246. The molecular formula is C12H17N3O2. The summed E-state index contributed by atoms with van der Waals surface area (Å²) in [4.78, 5) is 18.7. The van der Waals surface area contributed by atoms with E-state index in [9.17, 15) is 4.79 Å². The summed E-state index contributed by atoms with van der Waals surface area (Å²) >= 11 is 0. The standard InChI is InChI=1S/C12H17N3O2/c1-8(9-3-2-4-9)14-6-11-10(12(16)17)5-13-7-15-11/h5,7-9,14H,2-4,6H2,1H3,(H,16,17). The van der Waals surface area contributed by atoms with Crippen LogP contribution in [-0.4, -0.2) is 27.1 Å². The Morgan fingerprint density at radius 3 is 3.00 bits per heavy atom. The quantitative estimate of drug-likeness (QED) is 0.808. The minimum Gasteiger partial charge on any atom is -0.478 e. The summed E-state index contributed by atoms with van der Waals surface area (Å²) in [6, 6.07) is 0.417. The lowest BCUT2D eigenvalue weighted by Gasteiger charge is -2.32. The maximum Gasteiger partial charge on any atom is 0.339 e. The van der Waals surface area contributed by atoms with Crippen LogP contribution in [0.4, 0.5) is 0 Å². The molecule has 17 heavy (non-hydrogen) atoms. The van der Waals surface area contributed by atoms with E-state index in [1.165, 1.54) is 31.8 Å². The Hall–Kier alpha value is -1.49. The highest BCUT2D eigenvalue weighted by molar-refractivity contribution is 5.88. The van der Waals surface area contributed by atoms with E-state index < -0.39 is 5.97 Å². The summed E-state index contributed by atoms with van der Waals surface area (Å²) in [6.45, 7) is 2.63. The zero-order chi connectivity index (χ0) is 12.3. The van der Waals surface area contributed by atoms with Crippen LogP contribution in [0.1, 0.15) is 42.2 Å². The van der Waals surface area contributed by atoms with Crippen LogP contribution in [0.3, 0.4) is 0 Å². The summed E-state index contributed by atoms with van der Waals surface area (Å²) in [7, 11) is 0. The molecule has 5 heteroatoms. The first-order valence-corrected chi connectivity index (χ1v) is 5.94. The van der Waals surface area contributed by atoms with Crippen molar-refractivity contribution in [2.45, 2.75) is 38.8 Å². The lowest BCUT2D eigenvalue weighted by atomic mass is 9.80. The minimum atomic E-state index is -0.973. The lowest BCUT2D eigenvalue weighted by Crippen LogP contribution is -2.37. The van der Waals surface area contributed by atoms with Gasteiger partial charge in [-0.1, -0.05) is 6.42 Å². The third-order valence-electron chi connectivity index (χ3n) is 3.47. The molecule has 0 aliphatic heterocycles. The first-order chi connectivity index (χ1) is 8.18. The Labute approximate surface area is 100 Å². The number of carboxylic acids is 1. The Kier molecular flexibility index (Phi) is 3.68. The van der Waals surface area contributed by atoms with Crippen LogP contribution < -0.4 is 5.32 Å². The molecule has 1 atom stereocenters. The highest BCUT2D eigenvalue weighted by Crippen LogP contribution is 2.29. The molecular weight excluding hydrogens is 218 g/mol. The molecule has 1 fully saturated rings. The van der Waals surface area contributed by atoms with E-state index >= 15 is 0 Å². The van der Waals surface area contributed by atoms with Crippen LogP contribution in [0.2, 0.25) is 0 Å². The van der Waals surface area contributed by atoms with Crippen molar-refractivity contribution in [1.82, 2.24) is 15.3 Å². The molecule has 92 valence electrons. The van der Waals surface area contributed by atoms with Crippen LogP contribution in [0.15, 0.2) is 12.5 Å². The van der Waals surface area contributed by atoms with Gasteiger partial charge in [0.05, 0.1) is 5.69 Å². The minimum absolute atomic E-state index is 0.181. The molecule has 1 aliphatic rings. The number of nitrogens with zero attached hydrogens (tertiary/aromatic N) is 2. The Bertz CT molecular complexity index is 404. The smallest absolute Gasteiger partial charge is 0.339 e. The Morgan fingerprint density at radius 1 is 1.65 bits per heavy atom. The number of aromatic carboxylic acids is 1. The number of hydrogen-bond donors (Lipinski definition) is 2. The van der Waals surface area contributed by atoms with Gasteiger partial charge in [0.2, 0.25) is 0 Å². The summed E-state index contributed by atoms with van der Waals surface area (Å²) < 4.78 is 0. The molecule has 0 saturated heterocycles. The van der Waals surface area contributed by atoms with Crippen molar-refractivity contribution < 1.29 is 9.90 Å². The molecule has 0 amide bonds. The second-order valence-electron chi connectivity index (χ2n) is 4.55. The third kappa shape index (κ3) is 2.79. The van der Waals surface area contributed by atoms with E-state index in [-0.39, 0.29) is 5.56 Å². The van der Waals surface area contributed by atoms with Gasteiger partial charge in [-0.05, 0) is 25.7 Å². The number of carboxylic acid groups (broad SMARTS) is 1. The van der Waals surface area contributed by atoms with Gasteiger partial charge >= 0.3 is 5.97 Å². The van der Waals surface area contributed by atoms with Gasteiger partial charge in [-0.25, -0.2) is 14.8 Å². The van der Waals surface area contributed by atoms with Gasteiger partial charge in [-0.15, -0.1) is 0 Å². The number of rotatable bonds is 5. The molecule has 1 heterocycles. The summed E-state index contributed by atoms with van der Waals surface area (Å²) in [5, 5.41) is 12.3. The summed E-state index contributed by atoms with van der Waals surface area (Å²) in [5.41, 5.74) is 0.736. The molecule has 0 aromatic carbocycles. The van der Waals surface area contributed by atoms with Crippen LogP contribution in [0.25, 0.3) is 0 Å². The van der Waals surface area contributed by atoms with E-state index in [2.05, 4.69) is 22.2 Å². The largest absolute Gasteiger partial charge is 0.478 e. The number of carbonyl (C=O) groups is 1. The fraction of sp³-hybridized carbons (Fsp3) is 0.583. The van der Waals surface area contributed by atoms with Crippen molar-refractivity contribution in [3.63, 3.8) is 0 Å². The van der Waals surface area contributed by atoms with Gasteiger partial charge in [-0.3, -0.25) is 0 Å². The maximum absolute atomic E-state index is 11.0. The van der Waals surface area contributed by atoms with E-state index in [0.717, 1.165) is 5.92 Å². The van der Waals surface area contributed by atoms with Crippen LogP contribution >= 0.6 is 0 Å². The summed E-state index contributed by atoms with van der Waals surface area (Å²) in [6.07, 6.45) is 6.58. The SMILES string of the molecule is CC(NCc1ncncc1C(=O)O)C1CCC1. The van der Waals surface area contributed by atoms with Gasteiger partial charge in [0, 0.05) is 18.8 Å². The molecule has 0 spiro atoms. The van der Waals surface area contributed by atoms with Crippen molar-refractivity contribution in [3.8, 4) is 0 Å². The highest BCUT2D eigenvalue weighted by atomic mass is 16.4. The fourth-order valence-corrected chi connectivity index (χ4v) is 2.04. The Balaban J connectivity index is 1.95. The number of hydrogen-bond acceptors (Lipinski definition) is 4. The van der Waals surface area contributed by atoms with Gasteiger partial charge in [0.25, 0.3) is 0 Å². The van der Waals surface area contributed by atoms with E-state index in [1.807, 2.05) is 0 Å². The molecule has 1 unspecified atom stereocenters. The first-order valence-electron chi connectivity index (χ1n) is 5.94. The normalized spacial score (nSPS) is 17.5. The zero-order valence-corrected chi connectivity index (χ0v) is 9.89. The van der Waals surface area contributed by atoms with Crippen LogP contribution in [0.5, 0.6) is 0 Å². The predicted octanol–water partition coefficient (Wildman–Crippen LogP) is 1.45. The zero-order valence-electron chi connectivity index (χ0n) is 9.89. The van der Waals surface area contributed by atoms with Crippen molar-refractivity contribution in [2.75, 3.05) is 0 Å². The van der Waals surface area contributed by atoms with Gasteiger partial charge in [0.15, 0.2) is 0 Å². The van der Waals surface area contributed by atoms with Crippen LogP contribution in [-0.2, 0) is 6.54 Å². The fourth-order valence-electron chi connectivity index (χ4n) is 2.04. The maximum atomic E-state index is 11.0. The van der Waals surface area contributed by atoms with E-state index in [1.54, 1.807) is 0 Å². The number of nitrogens with one attached hydrogen (secondary N) is 1. The molecule has 1 aromatic rings. The first kappa shape index (κ1) is 12.0. The van der Waals surface area contributed by atoms with Crippen LogP contribution in [0, 0.1) is 5.92 Å². The van der Waals surface area contributed by atoms with E-state index in [4.69, 9.17) is 5.11 Å². The molecule has 1 aromatic heterocycles. The molecule has 5 nitrogen and oxygen atoms in total. The van der Waals surface area contributed by atoms with Crippen molar-refractivity contribution in [2.24, 2.45) is 5.92 Å². The highest BCUT2D eigenvalue weighted by Gasteiger charge is 2.23. The Morgan fingerprint density at radius 2 is 2.41 bits per heavy atom. The van der Waals surface area contributed by atoms with Gasteiger partial charge in [0.1, 0.15) is 11.9 Å². The average Bonchev–Trinajstić information content (AvgIpc) is 2.24. The van der Waals surface area contributed by atoms with Gasteiger partial charge in [-0.2, -0.15) is 0 Å². The third-order valence-corrected chi connectivity index (χ3v) is 3.47. The van der Waals surface area contributed by atoms with Crippen molar-refractivity contribution in [1.29, 1.82) is 0 Å². The average molecular weight is 235 g/mol. The lowest BCUT2D eigenvalue weighted by molar-refractivity contribution is 0.0694. The van der Waals surface area contributed by atoms with Crippen molar-refractivity contribution in [3.05, 3.63) is 23.8 Å². The molecule has 0 radical (unpaired) electrons. The second kappa shape index (κ2) is 5.23. The molecule has 0 bridgehead atoms. The molecule has 2 N–H and O–H groups in total. The number of aromatic nitrogens is 2. The topological polar surface area (TPSA) is 75.1 Å². The van der Waals surface area contributed by atoms with Gasteiger partial charge < -0.3 is 10.4 Å². The second-order valence-corrected chi connectivity index (χ2v) is 4.55. The predicted molar refractivity (Wildman–Crippen MR) is 62.6 cm³/mol. The molecule has 2 rings (SSSR count). The molecule has 1 aliphatic carbocycles. The van der Waals surface area contributed by atoms with E-state index in [0.29, 0.717) is 18.3 Å². The monoisotopic (exact) mass is 235 g/mol. The molecule has 1 saturated carbocycles.